The van der Waals surface area contributed by atoms with Gasteiger partial charge in [-0.1, -0.05) is 338 Å². The highest BCUT2D eigenvalue weighted by Gasteiger charge is 2.26. The Hall–Kier alpha value is -2.29. The van der Waals surface area contributed by atoms with E-state index in [1.54, 1.807) is 0 Å². The summed E-state index contributed by atoms with van der Waals surface area (Å²) in [6.07, 6.45) is 86.0. The van der Waals surface area contributed by atoms with Crippen molar-refractivity contribution in [2.45, 2.75) is 354 Å². The zero-order valence-corrected chi connectivity index (χ0v) is 54.2. The number of carbonyl (C=O) groups excluding carboxylic acids is 2. The average Bonchev–Trinajstić information content (AvgIpc) is 3.46. The summed E-state index contributed by atoms with van der Waals surface area (Å²) < 4.78 is 33.2. The van der Waals surface area contributed by atoms with E-state index in [4.69, 9.17) is 24.3 Å². The van der Waals surface area contributed by atoms with Gasteiger partial charge in [-0.3, -0.25) is 18.6 Å². The molecule has 0 aliphatic heterocycles. The van der Waals surface area contributed by atoms with Crippen LogP contribution in [0.5, 0.6) is 0 Å². The fourth-order valence-corrected chi connectivity index (χ4v) is 11.1. The molecular weight excluding hydrogens is 1030 g/mol. The molecule has 0 saturated carbocycles. The molecule has 9 nitrogen and oxygen atoms in total. The fourth-order valence-electron chi connectivity index (χ4n) is 10.3. The lowest BCUT2D eigenvalue weighted by atomic mass is 10.0. The molecule has 10 heteroatoms. The van der Waals surface area contributed by atoms with Crippen LogP contribution in [0.25, 0.3) is 0 Å². The van der Waals surface area contributed by atoms with Gasteiger partial charge in [0.25, 0.3) is 0 Å². The molecule has 3 N–H and O–H groups in total. The monoisotopic (exact) mass is 1160 g/mol. The van der Waals surface area contributed by atoms with Crippen LogP contribution in [0.2, 0.25) is 0 Å². The van der Waals surface area contributed by atoms with Gasteiger partial charge in [0.05, 0.1) is 13.2 Å². The van der Waals surface area contributed by atoms with Gasteiger partial charge in [0.1, 0.15) is 6.61 Å². The minimum Gasteiger partial charge on any atom is -0.462 e. The van der Waals surface area contributed by atoms with Gasteiger partial charge in [0.2, 0.25) is 0 Å². The van der Waals surface area contributed by atoms with E-state index < -0.39 is 26.5 Å². The maximum absolute atomic E-state index is 12.8. The molecule has 0 saturated heterocycles. The van der Waals surface area contributed by atoms with Gasteiger partial charge in [-0.2, -0.15) is 0 Å². The van der Waals surface area contributed by atoms with Crippen molar-refractivity contribution in [1.82, 2.24) is 0 Å². The molecule has 0 fully saturated rings. The van der Waals surface area contributed by atoms with Gasteiger partial charge in [0, 0.05) is 19.4 Å². The van der Waals surface area contributed by atoms with Gasteiger partial charge in [0.15, 0.2) is 6.10 Å². The number of phosphoric ester groups is 1. The average molecular weight is 1160 g/mol. The van der Waals surface area contributed by atoms with Gasteiger partial charge >= 0.3 is 19.8 Å². The Morgan fingerprint density at radius 1 is 0.383 bits per heavy atom. The molecule has 0 bridgehead atoms. The summed E-state index contributed by atoms with van der Waals surface area (Å²) in [4.78, 5) is 35.4. The molecular formula is C71H132NO8P. The van der Waals surface area contributed by atoms with Crippen molar-refractivity contribution in [1.29, 1.82) is 0 Å². The van der Waals surface area contributed by atoms with E-state index >= 15 is 0 Å². The van der Waals surface area contributed by atoms with Crippen LogP contribution in [0.1, 0.15) is 348 Å². The van der Waals surface area contributed by atoms with Gasteiger partial charge in [-0.25, -0.2) is 4.57 Å². The van der Waals surface area contributed by atoms with Crippen molar-refractivity contribution >= 4 is 19.8 Å². The first-order valence-corrected chi connectivity index (χ1v) is 36.3. The lowest BCUT2D eigenvalue weighted by molar-refractivity contribution is -0.161. The van der Waals surface area contributed by atoms with Crippen LogP contribution in [0.3, 0.4) is 0 Å². The molecule has 0 aromatic heterocycles. The normalized spacial score (nSPS) is 13.3. The van der Waals surface area contributed by atoms with Crippen LogP contribution in [-0.4, -0.2) is 49.3 Å². The second-order valence-electron chi connectivity index (χ2n) is 23.4. The summed E-state index contributed by atoms with van der Waals surface area (Å²) in [5.74, 6) is -0.808. The molecule has 0 rings (SSSR count). The first kappa shape index (κ1) is 78.7. The molecule has 474 valence electrons. The third-order valence-corrected chi connectivity index (χ3v) is 16.4. The van der Waals surface area contributed by atoms with E-state index in [0.717, 1.165) is 70.6 Å². The third kappa shape index (κ3) is 66.7. The number of carbonyl (C=O) groups is 2. The second kappa shape index (κ2) is 66.8. The topological polar surface area (TPSA) is 134 Å². The van der Waals surface area contributed by atoms with Crippen molar-refractivity contribution in [3.63, 3.8) is 0 Å². The minimum absolute atomic E-state index is 0.0547. The van der Waals surface area contributed by atoms with Crippen molar-refractivity contribution in [2.75, 3.05) is 26.4 Å². The summed E-state index contributed by atoms with van der Waals surface area (Å²) >= 11 is 0. The molecule has 0 amide bonds. The maximum Gasteiger partial charge on any atom is 0.472 e. The fraction of sp³-hybridized carbons (Fsp3) is 0.831. The molecule has 0 heterocycles. The summed E-state index contributed by atoms with van der Waals surface area (Å²) in [7, 11) is -4.39. The van der Waals surface area contributed by atoms with E-state index in [1.165, 1.54) is 244 Å². The van der Waals surface area contributed by atoms with Crippen molar-refractivity contribution in [3.8, 4) is 0 Å². The van der Waals surface area contributed by atoms with Crippen LogP contribution in [0.4, 0.5) is 0 Å². The quantitative estimate of drug-likeness (QED) is 0.0264. The number of ether oxygens (including phenoxy) is 2. The molecule has 0 radical (unpaired) electrons. The zero-order valence-electron chi connectivity index (χ0n) is 53.3. The molecule has 0 aromatic rings. The van der Waals surface area contributed by atoms with E-state index in [0.29, 0.717) is 6.42 Å². The highest BCUT2D eigenvalue weighted by Crippen LogP contribution is 2.43. The third-order valence-electron chi connectivity index (χ3n) is 15.4. The number of nitrogens with two attached hydrogens (primary N) is 1. The van der Waals surface area contributed by atoms with E-state index in [-0.39, 0.29) is 38.6 Å². The standard InChI is InChI=1S/C71H132NO8P/c1-3-5-7-9-11-13-15-17-19-21-23-25-27-29-31-32-33-34-35-36-38-40-42-44-46-48-50-52-54-56-58-60-62-64-71(74)80-69(68-79-81(75,76)78-66-65-72)67-77-70(73)63-61-59-57-55-53-51-49-47-45-43-41-39-37-30-28-26-24-22-20-18-16-14-12-10-8-6-4-2/h5,7,11,13,17,19,23,25,29,31,69H,3-4,6,8-10,12,14-16,18,20-22,24,26-28,30,32-68,72H2,1-2H3,(H,75,76)/b7-5-,13-11-,19-17-,25-23-,31-29-. The first-order chi connectivity index (χ1) is 39.8. The number of hydrogen-bond acceptors (Lipinski definition) is 8. The molecule has 0 aromatic carbocycles. The summed E-state index contributed by atoms with van der Waals surface area (Å²) in [6, 6.07) is 0. The van der Waals surface area contributed by atoms with Crippen molar-refractivity contribution in [2.24, 2.45) is 5.73 Å². The number of allylic oxidation sites excluding steroid dienone is 10. The van der Waals surface area contributed by atoms with Gasteiger partial charge < -0.3 is 20.1 Å². The van der Waals surface area contributed by atoms with Gasteiger partial charge in [-0.05, 0) is 57.8 Å². The van der Waals surface area contributed by atoms with Crippen molar-refractivity contribution < 1.29 is 37.6 Å². The number of unbranched alkanes of at least 4 members (excludes halogenated alkanes) is 43. The largest absolute Gasteiger partial charge is 0.472 e. The molecule has 2 atom stereocenters. The number of esters is 2. The lowest BCUT2D eigenvalue weighted by Crippen LogP contribution is -2.29. The maximum atomic E-state index is 12.8. The highest BCUT2D eigenvalue weighted by atomic mass is 31.2. The molecule has 81 heavy (non-hydrogen) atoms. The van der Waals surface area contributed by atoms with E-state index in [2.05, 4.69) is 74.6 Å². The Kier molecular flexibility index (Phi) is 65.0. The summed E-state index contributed by atoms with van der Waals surface area (Å²) in [5.41, 5.74) is 5.40. The number of hydrogen-bond donors (Lipinski definition) is 2. The van der Waals surface area contributed by atoms with Gasteiger partial charge in [-0.15, -0.1) is 0 Å². The summed E-state index contributed by atoms with van der Waals surface area (Å²) in [6.45, 7) is 3.70. The number of rotatable bonds is 66. The van der Waals surface area contributed by atoms with E-state index in [1.807, 2.05) is 0 Å². The Morgan fingerprint density at radius 3 is 1.01 bits per heavy atom. The summed E-state index contributed by atoms with van der Waals surface area (Å²) in [5, 5.41) is 0. The number of phosphoric acid groups is 1. The van der Waals surface area contributed by atoms with Crippen LogP contribution in [0, 0.1) is 0 Å². The second-order valence-corrected chi connectivity index (χ2v) is 24.8. The predicted molar refractivity (Wildman–Crippen MR) is 349 cm³/mol. The van der Waals surface area contributed by atoms with Crippen LogP contribution >= 0.6 is 7.82 Å². The van der Waals surface area contributed by atoms with E-state index in [9.17, 15) is 19.0 Å². The smallest absolute Gasteiger partial charge is 0.462 e. The molecule has 2 unspecified atom stereocenters. The molecule has 0 aliphatic carbocycles. The highest BCUT2D eigenvalue weighted by molar-refractivity contribution is 7.47. The van der Waals surface area contributed by atoms with Crippen LogP contribution in [0.15, 0.2) is 60.8 Å². The van der Waals surface area contributed by atoms with Crippen LogP contribution in [-0.2, 0) is 32.7 Å². The minimum atomic E-state index is -4.39. The Morgan fingerprint density at radius 2 is 0.679 bits per heavy atom. The van der Waals surface area contributed by atoms with Crippen molar-refractivity contribution in [3.05, 3.63) is 60.8 Å². The Balaban J connectivity index is 3.84. The van der Waals surface area contributed by atoms with Crippen LogP contribution < -0.4 is 5.73 Å². The molecule has 0 spiro atoms. The predicted octanol–water partition coefficient (Wildman–Crippen LogP) is 22.6. The first-order valence-electron chi connectivity index (χ1n) is 34.8. The molecule has 0 aliphatic rings. The zero-order chi connectivity index (χ0) is 58.7. The Bertz CT molecular complexity index is 1510. The Labute approximate surface area is 501 Å². The lowest BCUT2D eigenvalue weighted by Gasteiger charge is -2.19. The SMILES string of the molecule is CC/C=C\C/C=C\C/C=C\C/C=C\C/C=C\CCCCCCCCCCCCCCCCCCCC(=O)OC(COC(=O)CCCCCCCCCCCCCCCCCCCCCCCCCCCCC)COP(=O)(O)OCCN.